The van der Waals surface area contributed by atoms with Gasteiger partial charge in [0.05, 0.1) is 12.6 Å². The van der Waals surface area contributed by atoms with Crippen molar-refractivity contribution in [2.75, 3.05) is 6.61 Å². The number of primary amides is 1. The molecule has 0 aliphatic rings. The van der Waals surface area contributed by atoms with Crippen LogP contribution in [0.3, 0.4) is 0 Å². The van der Waals surface area contributed by atoms with Crippen LogP contribution in [-0.2, 0) is 4.79 Å². The average Bonchev–Trinajstić information content (AvgIpc) is 2.42. The molecule has 0 aromatic heterocycles. The van der Waals surface area contributed by atoms with Crippen LogP contribution in [0.25, 0.3) is 0 Å². The molecule has 0 heterocycles. The number of hydrogen-bond acceptors (Lipinski definition) is 3. The molecule has 6 nitrogen and oxygen atoms in total. The Balaban J connectivity index is 2.88. The molecule has 2 atom stereocenters. The molecule has 0 spiro atoms. The summed E-state index contributed by atoms with van der Waals surface area (Å²) in [5.74, 6) is -0.322. The highest BCUT2D eigenvalue weighted by Crippen LogP contribution is 2.13. The van der Waals surface area contributed by atoms with Crippen LogP contribution < -0.4 is 16.4 Å². The molecule has 0 radical (unpaired) electrons. The third kappa shape index (κ3) is 4.55. The van der Waals surface area contributed by atoms with E-state index in [1.807, 2.05) is 19.9 Å². The SMILES string of the molecule is CC(C)C(CO)NC(=O)C(NC(N)=O)c1ccccc1. The minimum absolute atomic E-state index is 0.0777. The first-order valence-corrected chi connectivity index (χ1v) is 6.47. The van der Waals surface area contributed by atoms with Crippen LogP contribution in [0.5, 0.6) is 0 Å². The van der Waals surface area contributed by atoms with Gasteiger partial charge in [-0.3, -0.25) is 4.79 Å². The van der Waals surface area contributed by atoms with E-state index in [2.05, 4.69) is 10.6 Å². The number of aliphatic hydroxyl groups is 1. The van der Waals surface area contributed by atoms with Crippen LogP contribution in [0, 0.1) is 5.92 Å². The fourth-order valence-corrected chi connectivity index (χ4v) is 1.78. The molecule has 0 aliphatic carbocycles. The highest BCUT2D eigenvalue weighted by molar-refractivity contribution is 5.87. The van der Waals surface area contributed by atoms with Crippen molar-refractivity contribution in [2.45, 2.75) is 25.9 Å². The van der Waals surface area contributed by atoms with Crippen molar-refractivity contribution in [3.05, 3.63) is 35.9 Å². The van der Waals surface area contributed by atoms with Crippen LogP contribution >= 0.6 is 0 Å². The molecule has 0 saturated carbocycles. The molecule has 1 aromatic rings. The lowest BCUT2D eigenvalue weighted by Crippen LogP contribution is -2.48. The summed E-state index contributed by atoms with van der Waals surface area (Å²) in [6.45, 7) is 3.61. The highest BCUT2D eigenvalue weighted by atomic mass is 16.3. The Morgan fingerprint density at radius 1 is 1.20 bits per heavy atom. The molecule has 2 unspecified atom stereocenters. The van der Waals surface area contributed by atoms with Gasteiger partial charge >= 0.3 is 6.03 Å². The molecule has 1 aromatic carbocycles. The lowest BCUT2D eigenvalue weighted by molar-refractivity contribution is -0.124. The lowest BCUT2D eigenvalue weighted by atomic mass is 10.0. The second-order valence-corrected chi connectivity index (χ2v) is 4.89. The van der Waals surface area contributed by atoms with Gasteiger partial charge in [-0.2, -0.15) is 0 Å². The summed E-state index contributed by atoms with van der Waals surface area (Å²) in [5, 5.41) is 14.4. The third-order valence-electron chi connectivity index (χ3n) is 3.01. The Kier molecular flexibility index (Phi) is 5.99. The number of carbonyl (C=O) groups is 2. The zero-order valence-electron chi connectivity index (χ0n) is 11.7. The van der Waals surface area contributed by atoms with E-state index in [0.717, 1.165) is 0 Å². The van der Waals surface area contributed by atoms with Crippen molar-refractivity contribution >= 4 is 11.9 Å². The molecule has 5 N–H and O–H groups in total. The Morgan fingerprint density at radius 3 is 2.25 bits per heavy atom. The van der Waals surface area contributed by atoms with E-state index < -0.39 is 18.0 Å². The van der Waals surface area contributed by atoms with E-state index in [1.165, 1.54) is 0 Å². The van der Waals surface area contributed by atoms with E-state index >= 15 is 0 Å². The minimum Gasteiger partial charge on any atom is -0.394 e. The van der Waals surface area contributed by atoms with Crippen molar-refractivity contribution < 1.29 is 14.7 Å². The maximum atomic E-state index is 12.3. The largest absolute Gasteiger partial charge is 0.394 e. The van der Waals surface area contributed by atoms with Gasteiger partial charge in [0.15, 0.2) is 0 Å². The minimum atomic E-state index is -0.874. The molecule has 0 aliphatic heterocycles. The van der Waals surface area contributed by atoms with Crippen LogP contribution in [0.2, 0.25) is 0 Å². The number of rotatable bonds is 6. The Labute approximate surface area is 118 Å². The number of nitrogens with one attached hydrogen (secondary N) is 2. The molecular formula is C14H21N3O3. The zero-order valence-corrected chi connectivity index (χ0v) is 11.7. The fourth-order valence-electron chi connectivity index (χ4n) is 1.78. The van der Waals surface area contributed by atoms with Gasteiger partial charge in [0.1, 0.15) is 6.04 Å². The molecule has 1 rings (SSSR count). The number of benzene rings is 1. The standard InChI is InChI=1S/C14H21N3O3/c1-9(2)11(8-18)16-13(19)12(17-14(15)20)10-6-4-3-5-7-10/h3-7,9,11-12,18H,8H2,1-2H3,(H,16,19)(H3,15,17,20). The van der Waals surface area contributed by atoms with E-state index in [9.17, 15) is 14.7 Å². The molecule has 20 heavy (non-hydrogen) atoms. The maximum Gasteiger partial charge on any atom is 0.313 e. The van der Waals surface area contributed by atoms with Gasteiger partial charge in [0.25, 0.3) is 0 Å². The summed E-state index contributed by atoms with van der Waals surface area (Å²) in [6.07, 6.45) is 0. The van der Waals surface area contributed by atoms with Gasteiger partial charge in [0, 0.05) is 0 Å². The van der Waals surface area contributed by atoms with Crippen molar-refractivity contribution in [1.29, 1.82) is 0 Å². The summed E-state index contributed by atoms with van der Waals surface area (Å²) in [7, 11) is 0. The average molecular weight is 279 g/mol. The summed E-state index contributed by atoms with van der Waals surface area (Å²) in [4.78, 5) is 23.3. The van der Waals surface area contributed by atoms with E-state index in [0.29, 0.717) is 5.56 Å². The predicted molar refractivity (Wildman–Crippen MR) is 75.8 cm³/mol. The maximum absolute atomic E-state index is 12.3. The van der Waals surface area contributed by atoms with Crippen LogP contribution in [-0.4, -0.2) is 29.7 Å². The summed E-state index contributed by atoms with van der Waals surface area (Å²) in [5.41, 5.74) is 5.74. The number of aliphatic hydroxyl groups excluding tert-OH is 1. The highest BCUT2D eigenvalue weighted by Gasteiger charge is 2.24. The number of amides is 3. The molecule has 110 valence electrons. The predicted octanol–water partition coefficient (Wildman–Crippen LogP) is 0.529. The first kappa shape index (κ1) is 16.0. The first-order valence-electron chi connectivity index (χ1n) is 6.47. The second kappa shape index (κ2) is 7.49. The van der Waals surface area contributed by atoms with Crippen molar-refractivity contribution in [3.8, 4) is 0 Å². The molecule has 0 fully saturated rings. The van der Waals surface area contributed by atoms with E-state index in [-0.39, 0.29) is 18.6 Å². The Bertz CT molecular complexity index is 448. The fraction of sp³-hybridized carbons (Fsp3) is 0.429. The van der Waals surface area contributed by atoms with Gasteiger partial charge < -0.3 is 21.5 Å². The van der Waals surface area contributed by atoms with E-state index in [1.54, 1.807) is 24.3 Å². The van der Waals surface area contributed by atoms with Crippen LogP contribution in [0.15, 0.2) is 30.3 Å². The normalized spacial score (nSPS) is 13.6. The monoisotopic (exact) mass is 279 g/mol. The molecule has 0 saturated heterocycles. The van der Waals surface area contributed by atoms with Gasteiger partial charge in [-0.1, -0.05) is 44.2 Å². The smallest absolute Gasteiger partial charge is 0.313 e. The third-order valence-corrected chi connectivity index (χ3v) is 3.01. The summed E-state index contributed by atoms with van der Waals surface area (Å²) >= 11 is 0. The van der Waals surface area contributed by atoms with Crippen molar-refractivity contribution in [2.24, 2.45) is 11.7 Å². The van der Waals surface area contributed by atoms with Gasteiger partial charge in [0.2, 0.25) is 5.91 Å². The van der Waals surface area contributed by atoms with Crippen LogP contribution in [0.4, 0.5) is 4.79 Å². The topological polar surface area (TPSA) is 104 Å². The quantitative estimate of drug-likeness (QED) is 0.610. The number of hydrogen-bond donors (Lipinski definition) is 4. The Morgan fingerprint density at radius 2 is 1.80 bits per heavy atom. The first-order chi connectivity index (χ1) is 9.45. The molecular weight excluding hydrogens is 258 g/mol. The molecule has 3 amide bonds. The van der Waals surface area contributed by atoms with Crippen molar-refractivity contribution in [3.63, 3.8) is 0 Å². The van der Waals surface area contributed by atoms with Crippen LogP contribution in [0.1, 0.15) is 25.5 Å². The number of carbonyl (C=O) groups excluding carboxylic acids is 2. The number of nitrogens with two attached hydrogens (primary N) is 1. The van der Waals surface area contributed by atoms with E-state index in [4.69, 9.17) is 5.73 Å². The van der Waals surface area contributed by atoms with Crippen molar-refractivity contribution in [1.82, 2.24) is 10.6 Å². The molecule has 0 bridgehead atoms. The summed E-state index contributed by atoms with van der Waals surface area (Å²) < 4.78 is 0. The number of urea groups is 1. The van der Waals surface area contributed by atoms with Gasteiger partial charge in [-0.25, -0.2) is 4.79 Å². The Hall–Kier alpha value is -2.08. The molecule has 6 heteroatoms. The van der Waals surface area contributed by atoms with Gasteiger partial charge in [-0.15, -0.1) is 0 Å². The lowest BCUT2D eigenvalue weighted by Gasteiger charge is -2.24. The zero-order chi connectivity index (χ0) is 15.1. The second-order valence-electron chi connectivity index (χ2n) is 4.89. The van der Waals surface area contributed by atoms with Gasteiger partial charge in [-0.05, 0) is 11.5 Å². The summed E-state index contributed by atoms with van der Waals surface area (Å²) in [6, 6.07) is 6.78.